The maximum Gasteiger partial charge on any atom is 0.194 e. The molecule has 0 unspecified atom stereocenters. The standard InChI is InChI=1S/2C26H24F3N5O2/c2*1-16-14-33(15-30-16)21-7-5-17(11-22(21)35-2)6-8-23-31-25-26(36-3,9-4-10-34(25)32-23)18-12-19(27)24(29)20(28)13-18/h2*5-8,11-15H,4,9-10H2,1-3H3/b2*8-6+/t2*26-/m10/s1. The molecule has 6 heterocycles. The van der Waals surface area contributed by atoms with E-state index >= 15 is 0 Å². The van der Waals surface area contributed by atoms with Crippen LogP contribution in [0.4, 0.5) is 26.3 Å². The van der Waals surface area contributed by atoms with Gasteiger partial charge in [-0.3, -0.25) is 0 Å². The molecule has 72 heavy (non-hydrogen) atoms. The molecule has 0 fully saturated rings. The fourth-order valence-corrected chi connectivity index (χ4v) is 9.17. The molecule has 2 aliphatic rings. The first-order chi connectivity index (χ1) is 34.7. The van der Waals surface area contributed by atoms with Gasteiger partial charge in [0, 0.05) is 39.7 Å². The molecular formula is C52H48F6N10O4. The van der Waals surface area contributed by atoms with Gasteiger partial charge in [-0.1, -0.05) is 24.3 Å². The van der Waals surface area contributed by atoms with Gasteiger partial charge >= 0.3 is 0 Å². The van der Waals surface area contributed by atoms with Crippen molar-refractivity contribution >= 4 is 24.3 Å². The van der Waals surface area contributed by atoms with Gasteiger partial charge in [0.2, 0.25) is 0 Å². The van der Waals surface area contributed by atoms with Crippen LogP contribution in [-0.2, 0) is 33.8 Å². The third-order valence-corrected chi connectivity index (χ3v) is 12.7. The first-order valence-corrected chi connectivity index (χ1v) is 22.7. The smallest absolute Gasteiger partial charge is 0.194 e. The Morgan fingerprint density at radius 1 is 0.528 bits per heavy atom. The molecule has 20 heteroatoms. The summed E-state index contributed by atoms with van der Waals surface area (Å²) >= 11 is 0. The fraction of sp³-hybridized carbons (Fsp3) is 0.269. The van der Waals surface area contributed by atoms with Gasteiger partial charge in [0.15, 0.2) is 69.4 Å². The lowest BCUT2D eigenvalue weighted by molar-refractivity contribution is -0.0101. The summed E-state index contributed by atoms with van der Waals surface area (Å²) in [5, 5.41) is 9.08. The van der Waals surface area contributed by atoms with Gasteiger partial charge in [-0.05, 0) is 122 Å². The normalized spacial score (nSPS) is 17.5. The Balaban J connectivity index is 0.000000178. The molecule has 372 valence electrons. The highest BCUT2D eigenvalue weighted by atomic mass is 19.2. The lowest BCUT2D eigenvalue weighted by atomic mass is 9.85. The van der Waals surface area contributed by atoms with Crippen molar-refractivity contribution in [2.24, 2.45) is 0 Å². The van der Waals surface area contributed by atoms with Gasteiger partial charge in [0.05, 0.1) is 49.6 Å². The second-order valence-corrected chi connectivity index (χ2v) is 17.2. The van der Waals surface area contributed by atoms with E-state index in [0.717, 1.165) is 58.2 Å². The number of methoxy groups -OCH3 is 4. The molecule has 14 nitrogen and oxygen atoms in total. The van der Waals surface area contributed by atoms with Gasteiger partial charge in [0.1, 0.15) is 11.5 Å². The van der Waals surface area contributed by atoms with E-state index in [0.29, 0.717) is 73.6 Å². The molecule has 0 bridgehead atoms. The predicted octanol–water partition coefficient (Wildman–Crippen LogP) is 10.1. The van der Waals surface area contributed by atoms with Crippen LogP contribution in [0.3, 0.4) is 0 Å². The molecule has 0 saturated carbocycles. The monoisotopic (exact) mass is 990 g/mol. The Morgan fingerprint density at radius 2 is 0.917 bits per heavy atom. The molecule has 4 aromatic heterocycles. The molecule has 4 aromatic carbocycles. The lowest BCUT2D eigenvalue weighted by Crippen LogP contribution is -2.38. The third kappa shape index (κ3) is 9.30. The zero-order chi connectivity index (χ0) is 50.9. The molecule has 0 amide bonds. The molecular weight excluding hydrogens is 943 g/mol. The van der Waals surface area contributed by atoms with Crippen molar-refractivity contribution in [3.05, 3.63) is 178 Å². The molecule has 0 spiro atoms. The molecule has 8 aromatic rings. The van der Waals surface area contributed by atoms with Crippen LogP contribution in [0.15, 0.2) is 85.7 Å². The molecule has 2 aliphatic heterocycles. The highest BCUT2D eigenvalue weighted by Crippen LogP contribution is 2.42. The lowest BCUT2D eigenvalue weighted by Gasteiger charge is -2.35. The van der Waals surface area contributed by atoms with Crippen LogP contribution in [0.1, 0.15) is 82.6 Å². The van der Waals surface area contributed by atoms with E-state index in [9.17, 15) is 26.3 Å². The number of aromatic nitrogens is 10. The highest BCUT2D eigenvalue weighted by Gasteiger charge is 2.44. The minimum absolute atomic E-state index is 0.153. The Kier molecular flexibility index (Phi) is 13.7. The largest absolute Gasteiger partial charge is 0.495 e. The van der Waals surface area contributed by atoms with Gasteiger partial charge in [-0.25, -0.2) is 55.6 Å². The van der Waals surface area contributed by atoms with Crippen molar-refractivity contribution in [2.45, 2.75) is 63.8 Å². The van der Waals surface area contributed by atoms with Crippen molar-refractivity contribution in [3.63, 3.8) is 0 Å². The summed E-state index contributed by atoms with van der Waals surface area (Å²) < 4.78 is 113. The minimum atomic E-state index is -1.52. The van der Waals surface area contributed by atoms with Gasteiger partial charge < -0.3 is 28.1 Å². The van der Waals surface area contributed by atoms with Gasteiger partial charge in [-0.2, -0.15) is 10.2 Å². The Morgan fingerprint density at radius 3 is 1.25 bits per heavy atom. The maximum absolute atomic E-state index is 14.1. The Labute approximate surface area is 409 Å². The zero-order valence-electron chi connectivity index (χ0n) is 40.0. The number of halogens is 6. The van der Waals surface area contributed by atoms with Crippen LogP contribution in [0, 0.1) is 48.8 Å². The number of nitrogens with zero attached hydrogens (tertiary/aromatic N) is 10. The third-order valence-electron chi connectivity index (χ3n) is 12.7. The SMILES string of the molecule is COc1cc(/C=C/c2nc3n(n2)CCC[C@@]3(OC)c2cc(F)c(F)c(F)c2)ccc1-n1cnc(C)c1.COc1cc(/C=C/c2nc3n(n2)CCC[C@]3(OC)c2cc(F)c(F)c(F)c2)ccc1-n1cnc(C)c1. The summed E-state index contributed by atoms with van der Waals surface area (Å²) in [6.45, 7) is 4.97. The summed E-state index contributed by atoms with van der Waals surface area (Å²) in [6, 6.07) is 15.3. The van der Waals surface area contributed by atoms with E-state index in [-0.39, 0.29) is 11.1 Å². The van der Waals surface area contributed by atoms with Crippen LogP contribution >= 0.6 is 0 Å². The summed E-state index contributed by atoms with van der Waals surface area (Å²) in [5.74, 6) is -5.17. The van der Waals surface area contributed by atoms with Crippen molar-refractivity contribution in [3.8, 4) is 22.9 Å². The van der Waals surface area contributed by atoms with Gasteiger partial charge in [-0.15, -0.1) is 0 Å². The topological polar surface area (TPSA) is 134 Å². The van der Waals surface area contributed by atoms with Crippen molar-refractivity contribution in [1.29, 1.82) is 0 Å². The zero-order valence-corrected chi connectivity index (χ0v) is 40.0. The van der Waals surface area contributed by atoms with E-state index in [2.05, 4.69) is 30.1 Å². The molecule has 0 aliphatic carbocycles. The summed E-state index contributed by atoms with van der Waals surface area (Å²) in [4.78, 5) is 17.7. The van der Waals surface area contributed by atoms with E-state index < -0.39 is 46.1 Å². The van der Waals surface area contributed by atoms with E-state index in [1.807, 2.05) is 83.9 Å². The molecule has 0 radical (unpaired) electrons. The average molecular weight is 991 g/mol. The van der Waals surface area contributed by atoms with Crippen molar-refractivity contribution < 1.29 is 45.3 Å². The van der Waals surface area contributed by atoms with Crippen LogP contribution in [0.2, 0.25) is 0 Å². The second kappa shape index (κ2) is 20.1. The Bertz CT molecular complexity index is 3100. The maximum atomic E-state index is 14.1. The Hall–Kier alpha value is -7.84. The van der Waals surface area contributed by atoms with Crippen LogP contribution < -0.4 is 9.47 Å². The van der Waals surface area contributed by atoms with Crippen molar-refractivity contribution in [2.75, 3.05) is 28.4 Å². The van der Waals surface area contributed by atoms with E-state index in [1.54, 1.807) is 48.4 Å². The molecule has 0 saturated heterocycles. The molecule has 2 atom stereocenters. The quantitative estimate of drug-likeness (QED) is 0.0860. The first-order valence-electron chi connectivity index (χ1n) is 22.7. The summed E-state index contributed by atoms with van der Waals surface area (Å²) in [7, 11) is 6.09. The number of fused-ring (bicyclic) bond motifs is 2. The molecule has 10 rings (SSSR count). The fourth-order valence-electron chi connectivity index (χ4n) is 9.17. The minimum Gasteiger partial charge on any atom is -0.495 e. The predicted molar refractivity (Wildman–Crippen MR) is 254 cm³/mol. The number of ether oxygens (including phenoxy) is 4. The van der Waals surface area contributed by atoms with Crippen molar-refractivity contribution in [1.82, 2.24) is 48.6 Å². The number of aryl methyl sites for hydroxylation is 4. The number of hydrogen-bond donors (Lipinski definition) is 0. The van der Waals surface area contributed by atoms with Crippen LogP contribution in [0.25, 0.3) is 35.7 Å². The van der Waals surface area contributed by atoms with Crippen LogP contribution in [-0.4, -0.2) is 77.1 Å². The highest BCUT2D eigenvalue weighted by molar-refractivity contribution is 5.70. The number of imidazole rings is 2. The van der Waals surface area contributed by atoms with Crippen LogP contribution in [0.5, 0.6) is 11.5 Å². The van der Waals surface area contributed by atoms with E-state index in [4.69, 9.17) is 18.9 Å². The second-order valence-electron chi connectivity index (χ2n) is 17.2. The number of hydrogen-bond acceptors (Lipinski definition) is 10. The van der Waals surface area contributed by atoms with E-state index in [1.165, 1.54) is 14.2 Å². The summed E-state index contributed by atoms with van der Waals surface area (Å²) in [6.07, 6.45) is 16.6. The summed E-state index contributed by atoms with van der Waals surface area (Å²) in [5.41, 5.74) is 3.04. The molecule has 0 N–H and O–H groups in total. The number of rotatable bonds is 12. The number of benzene rings is 4. The first kappa shape index (κ1) is 49.2. The van der Waals surface area contributed by atoms with Gasteiger partial charge in [0.25, 0.3) is 0 Å². The average Bonchev–Trinajstić information content (AvgIpc) is 4.22.